The molecular weight excluding hydrogens is 228 g/mol. The molecule has 0 amide bonds. The maximum absolute atomic E-state index is 10.5. The first-order chi connectivity index (χ1) is 7.61. The minimum absolute atomic E-state index is 0.0775. The first-order valence-electron chi connectivity index (χ1n) is 4.66. The van der Waals surface area contributed by atoms with Gasteiger partial charge in [0.1, 0.15) is 11.5 Å². The Labute approximate surface area is 97.3 Å². The molecule has 0 spiro atoms. The molecule has 1 heterocycles. The number of benzene rings is 1. The van der Waals surface area contributed by atoms with Gasteiger partial charge in [-0.05, 0) is 36.8 Å². The number of hydrogen-bond acceptors (Lipinski definition) is 3. The van der Waals surface area contributed by atoms with Gasteiger partial charge in [-0.25, -0.2) is 0 Å². The Balaban J connectivity index is 2.55. The second-order valence-corrected chi connectivity index (χ2v) is 3.85. The van der Waals surface area contributed by atoms with Crippen LogP contribution in [0.5, 0.6) is 5.75 Å². The predicted molar refractivity (Wildman–Crippen MR) is 60.9 cm³/mol. The zero-order chi connectivity index (χ0) is 11.7. The lowest BCUT2D eigenvalue weighted by Crippen LogP contribution is -1.80. The molecule has 0 saturated heterocycles. The van der Waals surface area contributed by atoms with Crippen LogP contribution < -0.4 is 0 Å². The summed E-state index contributed by atoms with van der Waals surface area (Å²) in [6, 6.07) is 6.32. The van der Waals surface area contributed by atoms with Crippen molar-refractivity contribution in [3.63, 3.8) is 0 Å². The Bertz CT molecular complexity index is 543. The number of hydrogen-bond donors (Lipinski definition) is 1. The highest BCUT2D eigenvalue weighted by molar-refractivity contribution is 6.31. The Morgan fingerprint density at radius 2 is 2.12 bits per heavy atom. The zero-order valence-electron chi connectivity index (χ0n) is 8.53. The molecule has 0 atom stereocenters. The summed E-state index contributed by atoms with van der Waals surface area (Å²) in [6.07, 6.45) is 0.607. The van der Waals surface area contributed by atoms with E-state index < -0.39 is 0 Å². The molecule has 2 aromatic rings. The van der Waals surface area contributed by atoms with Crippen molar-refractivity contribution >= 4 is 17.9 Å². The molecule has 0 bridgehead atoms. The van der Waals surface area contributed by atoms with Crippen molar-refractivity contribution in [1.82, 2.24) is 0 Å². The van der Waals surface area contributed by atoms with E-state index in [2.05, 4.69) is 0 Å². The molecule has 16 heavy (non-hydrogen) atoms. The standard InChI is InChI=1S/C12H9ClO3/c1-7-4-11(15)9(5-10(7)13)12-3-2-8(6-14)16-12/h2-6,15H,1H3. The molecule has 1 aromatic carbocycles. The number of carbonyl (C=O) groups is 1. The van der Waals surface area contributed by atoms with Crippen molar-refractivity contribution in [3.05, 3.63) is 40.6 Å². The second kappa shape index (κ2) is 4.02. The van der Waals surface area contributed by atoms with Crippen LogP contribution in [0.4, 0.5) is 0 Å². The van der Waals surface area contributed by atoms with E-state index in [1.807, 2.05) is 0 Å². The van der Waals surface area contributed by atoms with Crippen LogP contribution in [-0.4, -0.2) is 11.4 Å². The van der Waals surface area contributed by atoms with Crippen LogP contribution in [0.2, 0.25) is 5.02 Å². The fourth-order valence-electron chi connectivity index (χ4n) is 1.42. The number of halogens is 1. The van der Waals surface area contributed by atoms with E-state index in [4.69, 9.17) is 16.0 Å². The Morgan fingerprint density at radius 1 is 1.38 bits per heavy atom. The quantitative estimate of drug-likeness (QED) is 0.813. The highest BCUT2D eigenvalue weighted by Gasteiger charge is 2.11. The molecule has 0 aliphatic heterocycles. The van der Waals surface area contributed by atoms with Crippen LogP contribution >= 0.6 is 11.6 Å². The molecule has 4 heteroatoms. The minimum atomic E-state index is 0.0775. The third-order valence-electron chi connectivity index (χ3n) is 2.29. The monoisotopic (exact) mass is 236 g/mol. The topological polar surface area (TPSA) is 50.4 Å². The summed E-state index contributed by atoms with van der Waals surface area (Å²) in [4.78, 5) is 10.5. The van der Waals surface area contributed by atoms with Gasteiger partial charge in [0.05, 0.1) is 5.56 Å². The van der Waals surface area contributed by atoms with Gasteiger partial charge in [-0.1, -0.05) is 11.6 Å². The number of aldehydes is 1. The van der Waals surface area contributed by atoms with Gasteiger partial charge < -0.3 is 9.52 Å². The van der Waals surface area contributed by atoms with E-state index in [-0.39, 0.29) is 11.5 Å². The van der Waals surface area contributed by atoms with E-state index in [1.54, 1.807) is 25.1 Å². The Morgan fingerprint density at radius 3 is 2.75 bits per heavy atom. The summed E-state index contributed by atoms with van der Waals surface area (Å²) in [7, 11) is 0. The highest BCUT2D eigenvalue weighted by atomic mass is 35.5. The number of rotatable bonds is 2. The van der Waals surface area contributed by atoms with E-state index in [1.165, 1.54) is 6.07 Å². The number of phenolic OH excluding ortho intramolecular Hbond substituents is 1. The van der Waals surface area contributed by atoms with Crippen LogP contribution in [-0.2, 0) is 0 Å². The van der Waals surface area contributed by atoms with Crippen molar-refractivity contribution in [2.24, 2.45) is 0 Å². The van der Waals surface area contributed by atoms with Gasteiger partial charge in [0.15, 0.2) is 12.0 Å². The number of furan rings is 1. The maximum atomic E-state index is 10.5. The van der Waals surface area contributed by atoms with Gasteiger partial charge in [-0.15, -0.1) is 0 Å². The lowest BCUT2D eigenvalue weighted by molar-refractivity contribution is 0.110. The van der Waals surface area contributed by atoms with Crippen molar-refractivity contribution in [2.75, 3.05) is 0 Å². The minimum Gasteiger partial charge on any atom is -0.507 e. The van der Waals surface area contributed by atoms with Gasteiger partial charge in [0.2, 0.25) is 0 Å². The van der Waals surface area contributed by atoms with E-state index in [0.717, 1.165) is 5.56 Å². The van der Waals surface area contributed by atoms with Crippen molar-refractivity contribution in [1.29, 1.82) is 0 Å². The van der Waals surface area contributed by atoms with Gasteiger partial charge in [0, 0.05) is 5.02 Å². The smallest absolute Gasteiger partial charge is 0.185 e. The number of aromatic hydroxyl groups is 1. The molecule has 0 aliphatic carbocycles. The van der Waals surface area contributed by atoms with Crippen LogP contribution in [0.25, 0.3) is 11.3 Å². The van der Waals surface area contributed by atoms with E-state index >= 15 is 0 Å². The molecule has 1 N–H and O–H groups in total. The van der Waals surface area contributed by atoms with Crippen molar-refractivity contribution < 1.29 is 14.3 Å². The number of carbonyl (C=O) groups excluding carboxylic acids is 1. The second-order valence-electron chi connectivity index (χ2n) is 3.44. The maximum Gasteiger partial charge on any atom is 0.185 e. The SMILES string of the molecule is Cc1cc(O)c(-c2ccc(C=O)o2)cc1Cl. The summed E-state index contributed by atoms with van der Waals surface area (Å²) < 4.78 is 5.21. The van der Waals surface area contributed by atoms with Gasteiger partial charge in [-0.3, -0.25) is 4.79 Å². The zero-order valence-corrected chi connectivity index (χ0v) is 9.28. The summed E-state index contributed by atoms with van der Waals surface area (Å²) in [5.74, 6) is 0.710. The first-order valence-corrected chi connectivity index (χ1v) is 5.04. The van der Waals surface area contributed by atoms with Crippen LogP contribution in [0.3, 0.4) is 0 Å². The number of phenols is 1. The molecule has 0 fully saturated rings. The molecule has 1 aromatic heterocycles. The lowest BCUT2D eigenvalue weighted by atomic mass is 10.1. The molecule has 0 saturated carbocycles. The molecule has 82 valence electrons. The fraction of sp³-hybridized carbons (Fsp3) is 0.0833. The van der Waals surface area contributed by atoms with Gasteiger partial charge in [-0.2, -0.15) is 0 Å². The number of aryl methyl sites for hydroxylation is 1. The average Bonchev–Trinajstić information content (AvgIpc) is 2.71. The van der Waals surface area contributed by atoms with Crippen LogP contribution in [0, 0.1) is 6.92 Å². The van der Waals surface area contributed by atoms with Crippen molar-refractivity contribution in [2.45, 2.75) is 6.92 Å². The Hall–Kier alpha value is -1.74. The molecule has 0 aliphatic rings. The normalized spacial score (nSPS) is 10.4. The lowest BCUT2D eigenvalue weighted by Gasteiger charge is -2.04. The first kappa shape index (κ1) is 10.8. The van der Waals surface area contributed by atoms with Crippen molar-refractivity contribution in [3.8, 4) is 17.1 Å². The van der Waals surface area contributed by atoms with E-state index in [9.17, 15) is 9.90 Å². The van der Waals surface area contributed by atoms with Gasteiger partial charge >= 0.3 is 0 Å². The highest BCUT2D eigenvalue weighted by Crippen LogP contribution is 2.34. The summed E-state index contributed by atoms with van der Waals surface area (Å²) in [5.41, 5.74) is 1.26. The van der Waals surface area contributed by atoms with Crippen LogP contribution in [0.1, 0.15) is 16.1 Å². The summed E-state index contributed by atoms with van der Waals surface area (Å²) in [5, 5.41) is 10.3. The largest absolute Gasteiger partial charge is 0.507 e. The van der Waals surface area contributed by atoms with Gasteiger partial charge in [0.25, 0.3) is 0 Å². The molecule has 0 unspecified atom stereocenters. The summed E-state index contributed by atoms with van der Waals surface area (Å²) >= 11 is 5.95. The van der Waals surface area contributed by atoms with E-state index in [0.29, 0.717) is 22.6 Å². The fourth-order valence-corrected chi connectivity index (χ4v) is 1.59. The molecule has 0 radical (unpaired) electrons. The third kappa shape index (κ3) is 1.82. The van der Waals surface area contributed by atoms with Crippen LogP contribution in [0.15, 0.2) is 28.7 Å². The Kier molecular flexibility index (Phi) is 2.71. The predicted octanol–water partition coefficient (Wildman–Crippen LogP) is 3.43. The molecule has 2 rings (SSSR count). The average molecular weight is 237 g/mol. The molecule has 3 nitrogen and oxygen atoms in total. The molecular formula is C12H9ClO3. The third-order valence-corrected chi connectivity index (χ3v) is 2.69. The summed E-state index contributed by atoms with van der Waals surface area (Å²) in [6.45, 7) is 1.80.